The van der Waals surface area contributed by atoms with Crippen LogP contribution < -0.4 is 20.1 Å². The van der Waals surface area contributed by atoms with Crippen LogP contribution in [0.15, 0.2) is 42.5 Å². The van der Waals surface area contributed by atoms with Crippen molar-refractivity contribution >= 4 is 11.6 Å². The maximum Gasteiger partial charge on any atom is 0.241 e. The van der Waals surface area contributed by atoms with Crippen molar-refractivity contribution in [2.75, 3.05) is 18.5 Å². The third-order valence-electron chi connectivity index (χ3n) is 4.25. The number of aryl methyl sites for hydroxylation is 1. The maximum atomic E-state index is 12.5. The fourth-order valence-electron chi connectivity index (χ4n) is 2.86. The molecular formula is C22H30N2O3. The predicted octanol–water partition coefficient (Wildman–Crippen LogP) is 4.47. The van der Waals surface area contributed by atoms with E-state index < -0.39 is 0 Å². The van der Waals surface area contributed by atoms with Gasteiger partial charge in [0.15, 0.2) is 11.5 Å². The van der Waals surface area contributed by atoms with Gasteiger partial charge in [0.2, 0.25) is 5.91 Å². The van der Waals surface area contributed by atoms with Crippen molar-refractivity contribution < 1.29 is 14.3 Å². The van der Waals surface area contributed by atoms with Crippen LogP contribution in [0.3, 0.4) is 0 Å². The summed E-state index contributed by atoms with van der Waals surface area (Å²) in [6, 6.07) is 13.3. The monoisotopic (exact) mass is 370 g/mol. The number of rotatable bonds is 9. The van der Waals surface area contributed by atoms with Gasteiger partial charge in [-0.15, -0.1) is 0 Å². The van der Waals surface area contributed by atoms with Crippen LogP contribution in [-0.2, 0) is 4.79 Å². The van der Waals surface area contributed by atoms with Gasteiger partial charge in [0.05, 0.1) is 19.3 Å². The van der Waals surface area contributed by atoms with Crippen LogP contribution >= 0.6 is 0 Å². The van der Waals surface area contributed by atoms with Gasteiger partial charge in [-0.25, -0.2) is 0 Å². The molecule has 0 saturated heterocycles. The summed E-state index contributed by atoms with van der Waals surface area (Å²) in [5, 5.41) is 6.29. The number of amides is 1. The number of hydrogen-bond donors (Lipinski definition) is 2. The highest BCUT2D eigenvalue weighted by molar-refractivity contribution is 5.94. The fourth-order valence-corrected chi connectivity index (χ4v) is 2.86. The molecule has 0 aromatic heterocycles. The Morgan fingerprint density at radius 3 is 2.37 bits per heavy atom. The van der Waals surface area contributed by atoms with Gasteiger partial charge in [-0.3, -0.25) is 10.1 Å². The number of ether oxygens (including phenoxy) is 2. The molecule has 0 radical (unpaired) electrons. The minimum atomic E-state index is -0.345. The molecule has 0 heterocycles. The Balaban J connectivity index is 2.03. The molecule has 0 saturated carbocycles. The van der Waals surface area contributed by atoms with Gasteiger partial charge >= 0.3 is 0 Å². The first kappa shape index (κ1) is 20.8. The molecule has 5 heteroatoms. The van der Waals surface area contributed by atoms with Crippen LogP contribution in [-0.4, -0.2) is 25.2 Å². The van der Waals surface area contributed by atoms with Crippen LogP contribution in [0.1, 0.15) is 44.9 Å². The van der Waals surface area contributed by atoms with Crippen molar-refractivity contribution in [1.82, 2.24) is 5.32 Å². The number of carbonyl (C=O) groups excluding carboxylic acids is 1. The number of hydrogen-bond acceptors (Lipinski definition) is 4. The number of anilines is 1. The molecule has 2 atom stereocenters. The van der Waals surface area contributed by atoms with Crippen molar-refractivity contribution in [2.45, 2.75) is 46.7 Å². The second-order valence-corrected chi connectivity index (χ2v) is 6.54. The molecule has 0 aliphatic rings. The SMILES string of the molecule is CCOc1ccc([C@@H](C)N[C@H](C)C(=O)Nc2cccc(C)c2)cc1OCC. The average molecular weight is 370 g/mol. The van der Waals surface area contributed by atoms with E-state index in [1.54, 1.807) is 0 Å². The van der Waals surface area contributed by atoms with E-state index in [0.29, 0.717) is 13.2 Å². The van der Waals surface area contributed by atoms with Gasteiger partial charge < -0.3 is 14.8 Å². The summed E-state index contributed by atoms with van der Waals surface area (Å²) >= 11 is 0. The largest absolute Gasteiger partial charge is 0.490 e. The molecule has 2 aromatic rings. The molecule has 0 unspecified atom stereocenters. The lowest BCUT2D eigenvalue weighted by Gasteiger charge is -2.21. The molecule has 2 N–H and O–H groups in total. The van der Waals surface area contributed by atoms with E-state index in [1.807, 2.05) is 77.1 Å². The summed E-state index contributed by atoms with van der Waals surface area (Å²) in [6.07, 6.45) is 0. The van der Waals surface area contributed by atoms with Crippen LogP contribution in [0.2, 0.25) is 0 Å². The van der Waals surface area contributed by atoms with E-state index in [0.717, 1.165) is 28.3 Å². The van der Waals surface area contributed by atoms with Gasteiger partial charge in [-0.05, 0) is 70.0 Å². The van der Waals surface area contributed by atoms with Crippen LogP contribution in [0.5, 0.6) is 11.5 Å². The molecule has 5 nitrogen and oxygen atoms in total. The van der Waals surface area contributed by atoms with Crippen molar-refractivity contribution in [3.63, 3.8) is 0 Å². The third kappa shape index (κ3) is 6.00. The van der Waals surface area contributed by atoms with Crippen molar-refractivity contribution in [1.29, 1.82) is 0 Å². The molecule has 2 aromatic carbocycles. The zero-order valence-corrected chi connectivity index (χ0v) is 16.8. The number of carbonyl (C=O) groups is 1. The summed E-state index contributed by atoms with van der Waals surface area (Å²) in [7, 11) is 0. The molecule has 27 heavy (non-hydrogen) atoms. The zero-order valence-electron chi connectivity index (χ0n) is 16.8. The van der Waals surface area contributed by atoms with Gasteiger partial charge in [-0.2, -0.15) is 0 Å². The molecule has 0 fully saturated rings. The molecule has 0 bridgehead atoms. The second kappa shape index (κ2) is 9.97. The highest BCUT2D eigenvalue weighted by atomic mass is 16.5. The Morgan fingerprint density at radius 2 is 1.70 bits per heavy atom. The van der Waals surface area contributed by atoms with Crippen LogP contribution in [0.4, 0.5) is 5.69 Å². The Hall–Kier alpha value is -2.53. The van der Waals surface area contributed by atoms with Crippen LogP contribution in [0, 0.1) is 6.92 Å². The van der Waals surface area contributed by atoms with E-state index >= 15 is 0 Å². The van der Waals surface area contributed by atoms with Gasteiger partial charge in [0.1, 0.15) is 0 Å². The second-order valence-electron chi connectivity index (χ2n) is 6.54. The Labute approximate surface area is 162 Å². The first-order valence-corrected chi connectivity index (χ1v) is 9.47. The molecule has 0 aliphatic heterocycles. The number of benzene rings is 2. The fraction of sp³-hybridized carbons (Fsp3) is 0.409. The van der Waals surface area contributed by atoms with Crippen molar-refractivity contribution in [3.8, 4) is 11.5 Å². The summed E-state index contributed by atoms with van der Waals surface area (Å²) in [5.74, 6) is 1.39. The molecule has 0 aliphatic carbocycles. The van der Waals surface area contributed by atoms with Gasteiger partial charge in [-0.1, -0.05) is 18.2 Å². The lowest BCUT2D eigenvalue weighted by molar-refractivity contribution is -0.117. The summed E-state index contributed by atoms with van der Waals surface area (Å²) in [4.78, 5) is 12.5. The maximum absolute atomic E-state index is 12.5. The Bertz CT molecular complexity index is 761. The van der Waals surface area contributed by atoms with E-state index in [-0.39, 0.29) is 18.0 Å². The third-order valence-corrected chi connectivity index (χ3v) is 4.25. The summed E-state index contributed by atoms with van der Waals surface area (Å²) in [5.41, 5.74) is 2.96. The summed E-state index contributed by atoms with van der Waals surface area (Å²) < 4.78 is 11.3. The molecule has 2 rings (SSSR count). The van der Waals surface area contributed by atoms with E-state index in [1.165, 1.54) is 0 Å². The minimum absolute atomic E-state index is 0.0156. The number of nitrogens with one attached hydrogen (secondary N) is 2. The van der Waals surface area contributed by atoms with E-state index in [4.69, 9.17) is 9.47 Å². The smallest absolute Gasteiger partial charge is 0.241 e. The highest BCUT2D eigenvalue weighted by Crippen LogP contribution is 2.30. The van der Waals surface area contributed by atoms with Crippen molar-refractivity contribution in [3.05, 3.63) is 53.6 Å². The average Bonchev–Trinajstić information content (AvgIpc) is 2.63. The molecule has 0 spiro atoms. The minimum Gasteiger partial charge on any atom is -0.490 e. The standard InChI is InChI=1S/C22H30N2O3/c1-6-26-20-12-11-18(14-21(20)27-7-2)16(4)23-17(5)22(25)24-19-10-8-9-15(3)13-19/h8-14,16-17,23H,6-7H2,1-5H3,(H,24,25)/t16-,17-/m1/s1. The van der Waals surface area contributed by atoms with Gasteiger partial charge in [0, 0.05) is 11.7 Å². The normalized spacial score (nSPS) is 12.9. The van der Waals surface area contributed by atoms with E-state index in [9.17, 15) is 4.79 Å². The lowest BCUT2D eigenvalue weighted by Crippen LogP contribution is -2.39. The Morgan fingerprint density at radius 1 is 1.00 bits per heavy atom. The van der Waals surface area contributed by atoms with Gasteiger partial charge in [0.25, 0.3) is 0 Å². The first-order chi connectivity index (χ1) is 12.9. The quantitative estimate of drug-likeness (QED) is 0.684. The highest BCUT2D eigenvalue weighted by Gasteiger charge is 2.18. The lowest BCUT2D eigenvalue weighted by atomic mass is 10.1. The molecule has 146 valence electrons. The molecule has 1 amide bonds. The molecular weight excluding hydrogens is 340 g/mol. The zero-order chi connectivity index (χ0) is 19.8. The predicted molar refractivity (Wildman–Crippen MR) is 110 cm³/mol. The Kier molecular flexibility index (Phi) is 7.67. The first-order valence-electron chi connectivity index (χ1n) is 9.47. The van der Waals surface area contributed by atoms with E-state index in [2.05, 4.69) is 10.6 Å². The summed E-state index contributed by atoms with van der Waals surface area (Å²) in [6.45, 7) is 10.9. The topological polar surface area (TPSA) is 59.6 Å². The van der Waals surface area contributed by atoms with Crippen molar-refractivity contribution in [2.24, 2.45) is 0 Å². The van der Waals surface area contributed by atoms with Crippen LogP contribution in [0.25, 0.3) is 0 Å².